The Morgan fingerprint density at radius 3 is 2.82 bits per heavy atom. The second kappa shape index (κ2) is 16.0. The molecule has 1 saturated heterocycles. The Morgan fingerprint density at radius 1 is 1.33 bits per heavy atom. The first-order chi connectivity index (χ1) is 23.4. The maximum absolute atomic E-state index is 15.9. The number of carbonyl (C=O) groups excluding carboxylic acids is 1. The van der Waals surface area contributed by atoms with Crippen LogP contribution in [0.25, 0.3) is 22.2 Å². The van der Waals surface area contributed by atoms with Gasteiger partial charge in [0.15, 0.2) is 23.6 Å². The summed E-state index contributed by atoms with van der Waals surface area (Å²) >= 11 is 5.55. The van der Waals surface area contributed by atoms with Gasteiger partial charge in [0, 0.05) is 18.7 Å². The molecule has 0 aliphatic carbocycles. The fraction of sp³-hybridized carbons (Fsp3) is 0.500. The van der Waals surface area contributed by atoms with Gasteiger partial charge >= 0.3 is 15.0 Å². The highest BCUT2D eigenvalue weighted by atomic mass is 32.5. The number of aliphatic hydroxyl groups is 1. The number of pyridine rings is 1. The molecule has 2 unspecified atom stereocenters. The Kier molecular flexibility index (Phi) is 12.0. The van der Waals surface area contributed by atoms with Crippen LogP contribution in [0.2, 0.25) is 0 Å². The molecular weight excluding hydrogens is 711 g/mol. The van der Waals surface area contributed by atoms with Gasteiger partial charge in [-0.25, -0.2) is 14.4 Å². The van der Waals surface area contributed by atoms with Crippen LogP contribution in [0.4, 0.5) is 10.3 Å². The number of fused-ring (bicyclic) bond motifs is 2. The second-order valence-electron chi connectivity index (χ2n) is 10.8. The lowest BCUT2D eigenvalue weighted by Crippen LogP contribution is -2.31. The van der Waals surface area contributed by atoms with Crippen molar-refractivity contribution in [1.82, 2.24) is 34.1 Å². The number of alkyl halides is 1. The number of anilines is 1. The number of imidazole rings is 2. The normalized spacial score (nSPS) is 21.2. The first-order valence-corrected chi connectivity index (χ1v) is 18.5. The Bertz CT molecular complexity index is 1990. The Morgan fingerprint density at radius 2 is 2.10 bits per heavy atom. The van der Waals surface area contributed by atoms with Gasteiger partial charge in [-0.15, -0.1) is 0 Å². The standard InChI is InChI=1S/C26H32FN9O10P2S/c1-14(2)23(38)33-26-32-22-20(24(39)34-26)30-13-36(22)25-21(46-47(40)41)19(27)17(45-25)12-44-48(49,42-8-3-5-28)43-9-7-35-16-4-6-29-10-15(16)31-18(35)11-37/h4,6,10,13-14,17,19,21,25,37,47H,3,7-9,11-12H2,1-2H3,(H,40,41)(H2,32,33,34,38,39)/t17-,19-,21-,25-,48?/m1/s1. The molecule has 6 atom stereocenters. The molecule has 0 aromatic carbocycles. The SMILES string of the molecule is CC(C)C(=O)Nc1nc2c(ncn2[C@@H]2O[C@H](COP(=S)(OCCC#N)OCCn3c(CO)nc4cnccc43)[C@@H](F)[C@H]2O[PH](=O)O)c(=O)[nH]1. The molecule has 4 N–H and O–H groups in total. The summed E-state index contributed by atoms with van der Waals surface area (Å²) in [4.78, 5) is 53.5. The van der Waals surface area contributed by atoms with Gasteiger partial charge in [0.05, 0.1) is 50.4 Å². The third-order valence-corrected chi connectivity index (χ3v) is 10.1. The molecule has 19 nitrogen and oxygen atoms in total. The van der Waals surface area contributed by atoms with Crippen molar-refractivity contribution in [3.05, 3.63) is 41.0 Å². The molecule has 1 aliphatic rings. The highest BCUT2D eigenvalue weighted by Crippen LogP contribution is 2.51. The molecule has 264 valence electrons. The van der Waals surface area contributed by atoms with E-state index in [1.165, 1.54) is 0 Å². The Hall–Kier alpha value is -3.54. The first-order valence-electron chi connectivity index (χ1n) is 14.7. The number of ether oxygens (including phenoxy) is 1. The minimum absolute atomic E-state index is 0.0488. The fourth-order valence-corrected chi connectivity index (χ4v) is 7.14. The summed E-state index contributed by atoms with van der Waals surface area (Å²) in [5, 5.41) is 21.3. The molecule has 0 radical (unpaired) electrons. The van der Waals surface area contributed by atoms with Crippen molar-refractivity contribution in [3.8, 4) is 6.07 Å². The zero-order valence-electron chi connectivity index (χ0n) is 26.0. The molecule has 0 bridgehead atoms. The van der Waals surface area contributed by atoms with Gasteiger partial charge in [0.25, 0.3) is 5.56 Å². The number of aliphatic hydroxyl groups excluding tert-OH is 1. The summed E-state index contributed by atoms with van der Waals surface area (Å²) in [6.45, 7) is -1.42. The van der Waals surface area contributed by atoms with E-state index in [0.29, 0.717) is 16.9 Å². The van der Waals surface area contributed by atoms with Crippen molar-refractivity contribution >= 4 is 60.8 Å². The monoisotopic (exact) mass is 743 g/mol. The van der Waals surface area contributed by atoms with Crippen molar-refractivity contribution in [2.45, 2.75) is 58.0 Å². The molecule has 5 heterocycles. The number of aromatic amines is 1. The minimum atomic E-state index is -3.71. The third-order valence-electron chi connectivity index (χ3n) is 7.17. The molecular formula is C26H32FN9O10P2S. The highest BCUT2D eigenvalue weighted by Gasteiger charge is 2.49. The number of carbonyl (C=O) groups is 1. The second-order valence-corrected chi connectivity index (χ2v) is 14.5. The summed E-state index contributed by atoms with van der Waals surface area (Å²) < 4.78 is 58.7. The van der Waals surface area contributed by atoms with E-state index in [-0.39, 0.29) is 49.9 Å². The van der Waals surface area contributed by atoms with E-state index < -0.39 is 63.6 Å². The van der Waals surface area contributed by atoms with Gasteiger partial charge in [-0.05, 0) is 17.9 Å². The smallest absolute Gasteiger partial charge is 0.327 e. The van der Waals surface area contributed by atoms with Gasteiger partial charge in [0.2, 0.25) is 11.9 Å². The fourth-order valence-electron chi connectivity index (χ4n) is 4.85. The lowest BCUT2D eigenvalue weighted by Gasteiger charge is -2.24. The predicted octanol–water partition coefficient (Wildman–Crippen LogP) is 1.84. The number of rotatable bonds is 16. The summed E-state index contributed by atoms with van der Waals surface area (Å²) in [6, 6.07) is 3.63. The molecule has 0 saturated carbocycles. The summed E-state index contributed by atoms with van der Waals surface area (Å²) in [5.41, 5.74) is 0.201. The zero-order chi connectivity index (χ0) is 35.3. The molecule has 23 heteroatoms. The molecule has 4 aromatic rings. The Labute approximate surface area is 282 Å². The van der Waals surface area contributed by atoms with Gasteiger partial charge in [0.1, 0.15) is 30.2 Å². The van der Waals surface area contributed by atoms with E-state index in [1.54, 1.807) is 36.9 Å². The van der Waals surface area contributed by atoms with E-state index in [9.17, 15) is 24.2 Å². The van der Waals surface area contributed by atoms with Crippen molar-refractivity contribution in [1.29, 1.82) is 5.26 Å². The quantitative estimate of drug-likeness (QED) is 0.0944. The molecule has 0 spiro atoms. The molecule has 1 fully saturated rings. The molecule has 1 aliphatic heterocycles. The first kappa shape index (κ1) is 36.7. The van der Waals surface area contributed by atoms with E-state index in [1.807, 2.05) is 6.07 Å². The average molecular weight is 744 g/mol. The van der Waals surface area contributed by atoms with Crippen LogP contribution in [0.1, 0.15) is 32.3 Å². The summed E-state index contributed by atoms with van der Waals surface area (Å²) in [5.74, 6) is -0.736. The lowest BCUT2D eigenvalue weighted by molar-refractivity contribution is -0.118. The van der Waals surface area contributed by atoms with Crippen LogP contribution < -0.4 is 10.9 Å². The lowest BCUT2D eigenvalue weighted by atomic mass is 10.1. The van der Waals surface area contributed by atoms with E-state index in [4.69, 9.17) is 39.9 Å². The van der Waals surface area contributed by atoms with Crippen LogP contribution in [0.3, 0.4) is 0 Å². The van der Waals surface area contributed by atoms with Crippen LogP contribution in [-0.4, -0.2) is 88.2 Å². The van der Waals surface area contributed by atoms with Crippen LogP contribution in [-0.2, 0) is 57.1 Å². The number of nitriles is 1. The largest absolute Gasteiger partial charge is 0.388 e. The van der Waals surface area contributed by atoms with Crippen LogP contribution in [0.5, 0.6) is 0 Å². The number of nitrogens with one attached hydrogen (secondary N) is 2. The minimum Gasteiger partial charge on any atom is -0.388 e. The number of amides is 1. The third kappa shape index (κ3) is 8.44. The van der Waals surface area contributed by atoms with E-state index in [0.717, 1.165) is 10.9 Å². The van der Waals surface area contributed by atoms with Crippen molar-refractivity contribution in [2.75, 3.05) is 25.1 Å². The number of hydrogen-bond donors (Lipinski definition) is 4. The number of nitrogens with zero attached hydrogens (tertiary/aromatic N) is 7. The van der Waals surface area contributed by atoms with Gasteiger partial charge in [-0.1, -0.05) is 13.8 Å². The topological polar surface area (TPSA) is 251 Å². The molecule has 5 rings (SSSR count). The van der Waals surface area contributed by atoms with E-state index >= 15 is 4.39 Å². The van der Waals surface area contributed by atoms with Crippen molar-refractivity contribution < 1.29 is 46.6 Å². The maximum atomic E-state index is 15.9. The van der Waals surface area contributed by atoms with Crippen LogP contribution >= 0.6 is 15.0 Å². The number of H-pyrrole nitrogens is 1. The molecule has 49 heavy (non-hydrogen) atoms. The summed E-state index contributed by atoms with van der Waals surface area (Å²) in [7, 11) is -3.71. The highest BCUT2D eigenvalue weighted by molar-refractivity contribution is 8.07. The Balaban J connectivity index is 1.35. The van der Waals surface area contributed by atoms with E-state index in [2.05, 4.69) is 30.2 Å². The van der Waals surface area contributed by atoms with Crippen LogP contribution in [0.15, 0.2) is 29.6 Å². The van der Waals surface area contributed by atoms with Crippen molar-refractivity contribution in [3.63, 3.8) is 0 Å². The average Bonchev–Trinajstić information content (AvgIpc) is 3.74. The molecule has 4 aromatic heterocycles. The number of halogens is 1. The summed E-state index contributed by atoms with van der Waals surface area (Å²) in [6.07, 6.45) is -2.54. The van der Waals surface area contributed by atoms with Gasteiger partial charge in [-0.2, -0.15) is 10.2 Å². The molecule has 1 amide bonds. The van der Waals surface area contributed by atoms with Crippen molar-refractivity contribution in [2.24, 2.45) is 5.92 Å². The zero-order valence-corrected chi connectivity index (χ0v) is 28.7. The number of aromatic nitrogens is 7. The maximum Gasteiger partial charge on any atom is 0.327 e. The van der Waals surface area contributed by atoms with Gasteiger partial charge in [-0.3, -0.25) is 38.5 Å². The van der Waals surface area contributed by atoms with Gasteiger partial charge < -0.3 is 32.9 Å². The number of hydrogen-bond acceptors (Lipinski definition) is 15. The predicted molar refractivity (Wildman–Crippen MR) is 172 cm³/mol. The van der Waals surface area contributed by atoms with Crippen LogP contribution in [0, 0.1) is 17.2 Å².